The monoisotopic (exact) mass is 250 g/mol. The molecule has 1 aliphatic rings. The molecule has 0 aliphatic carbocycles. The topological polar surface area (TPSA) is 67.3 Å². The number of methoxy groups -OCH3 is 1. The summed E-state index contributed by atoms with van der Waals surface area (Å²) in [4.78, 5) is 21.8. The average Bonchev–Trinajstić information content (AvgIpc) is 2.81. The number of likely N-dealkylation sites (tertiary alicyclic amines) is 1. The molecule has 0 aromatic carbocycles. The number of anilines is 1. The molecule has 1 N–H and O–H groups in total. The Balaban J connectivity index is 1.91. The highest BCUT2D eigenvalue weighted by atomic mass is 16.5. The van der Waals surface area contributed by atoms with Crippen LogP contribution < -0.4 is 5.32 Å². The van der Waals surface area contributed by atoms with Crippen molar-refractivity contribution in [3.05, 3.63) is 18.1 Å². The molecule has 0 bridgehead atoms. The molecular weight excluding hydrogens is 232 g/mol. The van der Waals surface area contributed by atoms with E-state index in [9.17, 15) is 4.79 Å². The highest BCUT2D eigenvalue weighted by molar-refractivity contribution is 5.87. The fraction of sp³-hybridized carbons (Fsp3) is 0.583. The van der Waals surface area contributed by atoms with Gasteiger partial charge in [0, 0.05) is 13.1 Å². The van der Waals surface area contributed by atoms with Gasteiger partial charge in [0.15, 0.2) is 5.69 Å². The second kappa shape index (κ2) is 5.77. The third kappa shape index (κ3) is 3.16. The highest BCUT2D eigenvalue weighted by Gasteiger charge is 2.19. The maximum absolute atomic E-state index is 11.3. The van der Waals surface area contributed by atoms with Crippen molar-refractivity contribution in [3.63, 3.8) is 0 Å². The molecule has 1 saturated heterocycles. The summed E-state index contributed by atoms with van der Waals surface area (Å²) in [6, 6.07) is 0. The minimum atomic E-state index is -0.466. The molecule has 0 amide bonds. The van der Waals surface area contributed by atoms with Crippen molar-refractivity contribution in [3.8, 4) is 0 Å². The van der Waals surface area contributed by atoms with Gasteiger partial charge in [0.2, 0.25) is 0 Å². The normalized spacial score (nSPS) is 19.8. The van der Waals surface area contributed by atoms with Crippen molar-refractivity contribution in [1.29, 1.82) is 0 Å². The molecule has 1 aliphatic heterocycles. The van der Waals surface area contributed by atoms with E-state index in [1.165, 1.54) is 19.7 Å². The molecule has 98 valence electrons. The maximum atomic E-state index is 11.3. The van der Waals surface area contributed by atoms with Crippen LogP contribution in [0.5, 0.6) is 0 Å². The second-order valence-corrected chi connectivity index (χ2v) is 4.58. The van der Waals surface area contributed by atoms with Crippen LogP contribution >= 0.6 is 0 Å². The van der Waals surface area contributed by atoms with E-state index in [4.69, 9.17) is 0 Å². The first-order valence-corrected chi connectivity index (χ1v) is 6.02. The van der Waals surface area contributed by atoms with Gasteiger partial charge in [0.1, 0.15) is 5.82 Å². The van der Waals surface area contributed by atoms with Crippen LogP contribution in [0.1, 0.15) is 16.9 Å². The predicted octanol–water partition coefficient (Wildman–Crippen LogP) is 0.627. The Hall–Kier alpha value is -1.69. The van der Waals surface area contributed by atoms with Crippen molar-refractivity contribution < 1.29 is 9.53 Å². The lowest BCUT2D eigenvalue weighted by atomic mass is 10.1. The van der Waals surface area contributed by atoms with Gasteiger partial charge in [-0.25, -0.2) is 9.78 Å². The number of carbonyl (C=O) groups excluding carboxylic acids is 1. The Morgan fingerprint density at radius 1 is 1.61 bits per heavy atom. The first-order valence-electron chi connectivity index (χ1n) is 6.02. The Morgan fingerprint density at radius 3 is 3.11 bits per heavy atom. The molecule has 0 spiro atoms. The largest absolute Gasteiger partial charge is 0.464 e. The van der Waals surface area contributed by atoms with Crippen LogP contribution in [0.2, 0.25) is 0 Å². The van der Waals surface area contributed by atoms with Crippen molar-refractivity contribution in [2.45, 2.75) is 6.42 Å². The highest BCUT2D eigenvalue weighted by Crippen LogP contribution is 2.14. The summed E-state index contributed by atoms with van der Waals surface area (Å²) < 4.78 is 4.61. The van der Waals surface area contributed by atoms with Gasteiger partial charge in [0.25, 0.3) is 0 Å². The van der Waals surface area contributed by atoms with E-state index < -0.39 is 5.97 Å². The Bertz CT molecular complexity index is 424. The van der Waals surface area contributed by atoms with Crippen molar-refractivity contribution in [2.75, 3.05) is 39.1 Å². The van der Waals surface area contributed by atoms with E-state index in [1.54, 1.807) is 6.20 Å². The van der Waals surface area contributed by atoms with E-state index in [2.05, 4.69) is 32.0 Å². The zero-order valence-corrected chi connectivity index (χ0v) is 10.7. The fourth-order valence-electron chi connectivity index (χ4n) is 2.10. The van der Waals surface area contributed by atoms with Gasteiger partial charge in [-0.15, -0.1) is 0 Å². The van der Waals surface area contributed by atoms with Gasteiger partial charge in [-0.1, -0.05) is 0 Å². The molecule has 2 heterocycles. The Kier molecular flexibility index (Phi) is 4.09. The van der Waals surface area contributed by atoms with Gasteiger partial charge in [-0.3, -0.25) is 4.98 Å². The first kappa shape index (κ1) is 12.8. The number of hydrogen-bond donors (Lipinski definition) is 1. The van der Waals surface area contributed by atoms with Crippen molar-refractivity contribution >= 4 is 11.8 Å². The third-order valence-electron chi connectivity index (χ3n) is 3.09. The standard InChI is InChI=1S/C12H18N4O2/c1-16-4-3-9(8-16)5-14-11-7-13-6-10(15-11)12(17)18-2/h6-7,9H,3-5,8H2,1-2H3,(H,14,15). The zero-order valence-electron chi connectivity index (χ0n) is 10.7. The summed E-state index contributed by atoms with van der Waals surface area (Å²) >= 11 is 0. The molecule has 1 aromatic rings. The lowest BCUT2D eigenvalue weighted by Crippen LogP contribution is -2.20. The van der Waals surface area contributed by atoms with Crippen molar-refractivity contribution in [1.82, 2.24) is 14.9 Å². The predicted molar refractivity (Wildman–Crippen MR) is 67.5 cm³/mol. The van der Waals surface area contributed by atoms with Crippen LogP contribution in [-0.2, 0) is 4.74 Å². The number of rotatable bonds is 4. The number of esters is 1. The van der Waals surface area contributed by atoms with Crippen LogP contribution in [-0.4, -0.2) is 54.6 Å². The lowest BCUT2D eigenvalue weighted by Gasteiger charge is -2.12. The third-order valence-corrected chi connectivity index (χ3v) is 3.09. The Labute approximate surface area is 106 Å². The molecule has 0 saturated carbocycles. The van der Waals surface area contributed by atoms with E-state index in [0.717, 1.165) is 19.6 Å². The summed E-state index contributed by atoms with van der Waals surface area (Å²) in [5, 5.41) is 3.22. The summed E-state index contributed by atoms with van der Waals surface area (Å²) in [7, 11) is 3.45. The van der Waals surface area contributed by atoms with Gasteiger partial charge >= 0.3 is 5.97 Å². The summed E-state index contributed by atoms with van der Waals surface area (Å²) in [5.74, 6) is 0.776. The molecular formula is C12H18N4O2. The maximum Gasteiger partial charge on any atom is 0.358 e. The lowest BCUT2D eigenvalue weighted by molar-refractivity contribution is 0.0593. The number of hydrogen-bond acceptors (Lipinski definition) is 6. The van der Waals surface area contributed by atoms with Gasteiger partial charge in [-0.05, 0) is 25.9 Å². The molecule has 0 radical (unpaired) electrons. The number of ether oxygens (including phenoxy) is 1. The SMILES string of the molecule is COC(=O)c1cncc(NCC2CCN(C)C2)n1. The molecule has 1 atom stereocenters. The second-order valence-electron chi connectivity index (χ2n) is 4.58. The van der Waals surface area contributed by atoms with Gasteiger partial charge in [-0.2, -0.15) is 0 Å². The smallest absolute Gasteiger partial charge is 0.358 e. The van der Waals surface area contributed by atoms with E-state index in [1.807, 2.05) is 0 Å². The van der Waals surface area contributed by atoms with Crippen LogP contribution in [0.25, 0.3) is 0 Å². The zero-order chi connectivity index (χ0) is 13.0. The molecule has 2 rings (SSSR count). The fourth-order valence-corrected chi connectivity index (χ4v) is 2.10. The number of carbonyl (C=O) groups is 1. The van der Waals surface area contributed by atoms with Crippen LogP contribution in [0.4, 0.5) is 5.82 Å². The van der Waals surface area contributed by atoms with E-state index in [-0.39, 0.29) is 5.69 Å². The van der Waals surface area contributed by atoms with Crippen LogP contribution in [0.3, 0.4) is 0 Å². The number of nitrogens with one attached hydrogen (secondary N) is 1. The number of nitrogens with zero attached hydrogens (tertiary/aromatic N) is 3. The summed E-state index contributed by atoms with van der Waals surface area (Å²) in [6.07, 6.45) is 4.21. The average molecular weight is 250 g/mol. The minimum absolute atomic E-state index is 0.228. The molecule has 6 nitrogen and oxygen atoms in total. The van der Waals surface area contributed by atoms with Crippen LogP contribution in [0.15, 0.2) is 12.4 Å². The number of aromatic nitrogens is 2. The summed E-state index contributed by atoms with van der Waals surface area (Å²) in [6.45, 7) is 3.08. The molecule has 18 heavy (non-hydrogen) atoms. The van der Waals surface area contributed by atoms with Gasteiger partial charge < -0.3 is 15.0 Å². The van der Waals surface area contributed by atoms with E-state index >= 15 is 0 Å². The van der Waals surface area contributed by atoms with Crippen molar-refractivity contribution in [2.24, 2.45) is 5.92 Å². The summed E-state index contributed by atoms with van der Waals surface area (Å²) in [5.41, 5.74) is 0.228. The Morgan fingerprint density at radius 2 is 2.44 bits per heavy atom. The molecule has 1 unspecified atom stereocenters. The van der Waals surface area contributed by atoms with Crippen LogP contribution in [0, 0.1) is 5.92 Å². The molecule has 6 heteroatoms. The molecule has 1 fully saturated rings. The van der Waals surface area contributed by atoms with Gasteiger partial charge in [0.05, 0.1) is 19.5 Å². The minimum Gasteiger partial charge on any atom is -0.464 e. The first-order chi connectivity index (χ1) is 8.69. The molecule has 1 aromatic heterocycles. The van der Waals surface area contributed by atoms with E-state index in [0.29, 0.717) is 11.7 Å². The quantitative estimate of drug-likeness (QED) is 0.790.